The number of rotatable bonds is 3. The van der Waals surface area contributed by atoms with Crippen molar-refractivity contribution in [2.45, 2.75) is 0 Å². The van der Waals surface area contributed by atoms with Gasteiger partial charge >= 0.3 is 0 Å². The number of halogens is 1. The van der Waals surface area contributed by atoms with Crippen LogP contribution in [0.25, 0.3) is 22.4 Å². The maximum atomic E-state index is 13.3. The second-order valence-electron chi connectivity index (χ2n) is 4.29. The maximum absolute atomic E-state index is 13.3. The normalized spacial score (nSPS) is 10.8. The van der Waals surface area contributed by atoms with Gasteiger partial charge in [0.2, 0.25) is 0 Å². The highest BCUT2D eigenvalue weighted by Gasteiger charge is 2.14. The van der Waals surface area contributed by atoms with Gasteiger partial charge in [-0.15, -0.1) is 0 Å². The molecule has 0 saturated carbocycles. The van der Waals surface area contributed by atoms with Gasteiger partial charge in [-0.1, -0.05) is 12.1 Å². The van der Waals surface area contributed by atoms with Gasteiger partial charge in [0, 0.05) is 5.56 Å². The number of hydrogen-bond donors (Lipinski definition) is 1. The zero-order valence-corrected chi connectivity index (χ0v) is 11.1. The number of nitrogens with zero attached hydrogens (tertiary/aromatic N) is 1. The predicted molar refractivity (Wildman–Crippen MR) is 74.6 cm³/mol. The third-order valence-electron chi connectivity index (χ3n) is 3.11. The van der Waals surface area contributed by atoms with Gasteiger partial charge in [-0.2, -0.15) is 0 Å². The van der Waals surface area contributed by atoms with Crippen LogP contribution in [-0.2, 0) is 0 Å². The van der Waals surface area contributed by atoms with Gasteiger partial charge in [0.25, 0.3) is 0 Å². The molecule has 1 aromatic heterocycles. The summed E-state index contributed by atoms with van der Waals surface area (Å²) < 4.78 is 23.9. The van der Waals surface area contributed by atoms with Crippen molar-refractivity contribution in [2.24, 2.45) is 0 Å². The van der Waals surface area contributed by atoms with Crippen LogP contribution in [0.1, 0.15) is 0 Å². The first-order valence-electron chi connectivity index (χ1n) is 6.09. The highest BCUT2D eigenvalue weighted by molar-refractivity contribution is 5.89. The second-order valence-corrected chi connectivity index (χ2v) is 4.29. The zero-order chi connectivity index (χ0) is 14.1. The molecule has 0 amide bonds. The summed E-state index contributed by atoms with van der Waals surface area (Å²) in [6.45, 7) is 0. The molecule has 0 spiro atoms. The second kappa shape index (κ2) is 4.85. The monoisotopic (exact) mass is 272 g/mol. The lowest BCUT2D eigenvalue weighted by Crippen LogP contribution is -1.88. The molecule has 0 bridgehead atoms. The van der Waals surface area contributed by atoms with Gasteiger partial charge < -0.3 is 14.5 Å². The predicted octanol–water partition coefficient (Wildman–Crippen LogP) is 3.39. The molecule has 5 heteroatoms. The van der Waals surface area contributed by atoms with Crippen LogP contribution in [0.2, 0.25) is 0 Å². The first-order valence-corrected chi connectivity index (χ1v) is 6.09. The van der Waals surface area contributed by atoms with Gasteiger partial charge in [-0.25, -0.2) is 9.37 Å². The van der Waals surface area contributed by atoms with Crippen LogP contribution in [-0.4, -0.2) is 24.2 Å². The number of H-pyrrole nitrogens is 1. The molecule has 3 aromatic rings. The summed E-state index contributed by atoms with van der Waals surface area (Å²) in [4.78, 5) is 7.63. The number of benzene rings is 2. The molecule has 20 heavy (non-hydrogen) atoms. The number of aromatic amines is 1. The average Bonchev–Trinajstić information content (AvgIpc) is 2.91. The van der Waals surface area contributed by atoms with Crippen molar-refractivity contribution in [1.29, 1.82) is 0 Å². The molecule has 0 aliphatic rings. The summed E-state index contributed by atoms with van der Waals surface area (Å²) in [5.41, 5.74) is 2.06. The van der Waals surface area contributed by atoms with Crippen molar-refractivity contribution in [3.8, 4) is 22.9 Å². The topological polar surface area (TPSA) is 47.1 Å². The molecule has 0 radical (unpaired) electrons. The fourth-order valence-electron chi connectivity index (χ4n) is 2.15. The molecular formula is C15H13FN2O2. The van der Waals surface area contributed by atoms with Crippen molar-refractivity contribution in [1.82, 2.24) is 9.97 Å². The van der Waals surface area contributed by atoms with E-state index in [0.29, 0.717) is 28.4 Å². The minimum absolute atomic E-state index is 0.304. The summed E-state index contributed by atoms with van der Waals surface area (Å²) in [5, 5.41) is 0. The molecule has 2 aromatic carbocycles. The van der Waals surface area contributed by atoms with Gasteiger partial charge in [0.1, 0.15) is 34.2 Å². The number of imidazole rings is 1. The van der Waals surface area contributed by atoms with E-state index in [1.54, 1.807) is 38.5 Å². The van der Waals surface area contributed by atoms with Gasteiger partial charge in [0.15, 0.2) is 0 Å². The van der Waals surface area contributed by atoms with Crippen LogP contribution in [0.15, 0.2) is 36.4 Å². The fourth-order valence-corrected chi connectivity index (χ4v) is 2.15. The SMILES string of the molecule is COc1ccc(OC)c2[nH]c(-c3cccc(F)c3)nc12. The van der Waals surface area contributed by atoms with Crippen LogP contribution < -0.4 is 9.47 Å². The molecule has 0 aliphatic heterocycles. The van der Waals surface area contributed by atoms with Gasteiger partial charge in [0.05, 0.1) is 14.2 Å². The zero-order valence-electron chi connectivity index (χ0n) is 11.1. The number of aromatic nitrogens is 2. The molecule has 0 saturated heterocycles. The molecular weight excluding hydrogens is 259 g/mol. The number of nitrogens with one attached hydrogen (secondary N) is 1. The third-order valence-corrected chi connectivity index (χ3v) is 3.11. The first-order chi connectivity index (χ1) is 9.72. The number of fused-ring (bicyclic) bond motifs is 1. The van der Waals surface area contributed by atoms with E-state index in [-0.39, 0.29) is 5.82 Å². The highest BCUT2D eigenvalue weighted by Crippen LogP contribution is 2.33. The van der Waals surface area contributed by atoms with E-state index < -0.39 is 0 Å². The molecule has 1 heterocycles. The quantitative estimate of drug-likeness (QED) is 0.795. The summed E-state index contributed by atoms with van der Waals surface area (Å²) in [6, 6.07) is 9.85. The Morgan fingerprint density at radius 1 is 1.05 bits per heavy atom. The van der Waals surface area contributed by atoms with Crippen LogP contribution in [0, 0.1) is 5.82 Å². The Bertz CT molecular complexity index is 727. The van der Waals surface area contributed by atoms with Crippen LogP contribution in [0.5, 0.6) is 11.5 Å². The van der Waals surface area contributed by atoms with Crippen molar-refractivity contribution in [2.75, 3.05) is 14.2 Å². The lowest BCUT2D eigenvalue weighted by molar-refractivity contribution is 0.409. The smallest absolute Gasteiger partial charge is 0.146 e. The first kappa shape index (κ1) is 12.5. The summed E-state index contributed by atoms with van der Waals surface area (Å²) >= 11 is 0. The van der Waals surface area contributed by atoms with E-state index in [1.807, 2.05) is 0 Å². The summed E-state index contributed by atoms with van der Waals surface area (Å²) in [5.74, 6) is 1.57. The number of hydrogen-bond acceptors (Lipinski definition) is 3. The van der Waals surface area contributed by atoms with E-state index >= 15 is 0 Å². The largest absolute Gasteiger partial charge is 0.494 e. The van der Waals surface area contributed by atoms with E-state index in [2.05, 4.69) is 9.97 Å². The van der Waals surface area contributed by atoms with E-state index in [0.717, 1.165) is 5.52 Å². The molecule has 0 unspecified atom stereocenters. The highest BCUT2D eigenvalue weighted by atomic mass is 19.1. The van der Waals surface area contributed by atoms with E-state index in [1.165, 1.54) is 12.1 Å². The minimum Gasteiger partial charge on any atom is -0.494 e. The minimum atomic E-state index is -0.304. The molecule has 1 N–H and O–H groups in total. The Hall–Kier alpha value is -2.56. The Kier molecular flexibility index (Phi) is 3.02. The molecule has 4 nitrogen and oxygen atoms in total. The van der Waals surface area contributed by atoms with Crippen LogP contribution in [0.3, 0.4) is 0 Å². The van der Waals surface area contributed by atoms with Crippen molar-refractivity contribution in [3.05, 3.63) is 42.2 Å². The van der Waals surface area contributed by atoms with E-state index in [4.69, 9.17) is 9.47 Å². The molecule has 3 rings (SSSR count). The standard InChI is InChI=1S/C15H13FN2O2/c1-19-11-6-7-12(20-2)14-13(11)17-15(18-14)9-4-3-5-10(16)8-9/h3-8H,1-2H3,(H,17,18). The van der Waals surface area contributed by atoms with Gasteiger partial charge in [-0.05, 0) is 24.3 Å². The number of methoxy groups -OCH3 is 2. The lowest BCUT2D eigenvalue weighted by atomic mass is 10.2. The Morgan fingerprint density at radius 3 is 2.50 bits per heavy atom. The lowest BCUT2D eigenvalue weighted by Gasteiger charge is -2.04. The Morgan fingerprint density at radius 2 is 1.80 bits per heavy atom. The van der Waals surface area contributed by atoms with Crippen molar-refractivity contribution in [3.63, 3.8) is 0 Å². The van der Waals surface area contributed by atoms with Crippen LogP contribution >= 0.6 is 0 Å². The van der Waals surface area contributed by atoms with Crippen molar-refractivity contribution >= 4 is 11.0 Å². The summed E-state index contributed by atoms with van der Waals surface area (Å²) in [6.07, 6.45) is 0. The Balaban J connectivity index is 2.24. The summed E-state index contributed by atoms with van der Waals surface area (Å²) in [7, 11) is 3.17. The molecule has 0 atom stereocenters. The number of ether oxygens (including phenoxy) is 2. The molecule has 0 aliphatic carbocycles. The maximum Gasteiger partial charge on any atom is 0.146 e. The Labute approximate surface area is 115 Å². The van der Waals surface area contributed by atoms with E-state index in [9.17, 15) is 4.39 Å². The third kappa shape index (κ3) is 1.97. The van der Waals surface area contributed by atoms with Crippen molar-refractivity contribution < 1.29 is 13.9 Å². The molecule has 0 fully saturated rings. The fraction of sp³-hybridized carbons (Fsp3) is 0.133. The van der Waals surface area contributed by atoms with Gasteiger partial charge in [-0.3, -0.25) is 0 Å². The molecule has 102 valence electrons. The average molecular weight is 272 g/mol. The van der Waals surface area contributed by atoms with Crippen LogP contribution in [0.4, 0.5) is 4.39 Å².